The number of carbonyl (C=O) groups is 2. The van der Waals surface area contributed by atoms with Crippen molar-refractivity contribution in [3.63, 3.8) is 0 Å². The molecule has 6 rings (SSSR count). The molecule has 0 radical (unpaired) electrons. The molecule has 3 aliphatic heterocycles. The topological polar surface area (TPSA) is 69.6 Å². The highest BCUT2D eigenvalue weighted by Gasteiger charge is 2.81. The number of carboxylic acid groups (broad SMARTS) is 1. The second-order valence-corrected chi connectivity index (χ2v) is 8.81. The van der Waals surface area contributed by atoms with Gasteiger partial charge in [-0.15, -0.1) is 0 Å². The van der Waals surface area contributed by atoms with Gasteiger partial charge in [0.1, 0.15) is 11.3 Å². The molecule has 130 valence electrons. The zero-order valence-electron chi connectivity index (χ0n) is 14.1. The highest BCUT2D eigenvalue weighted by Crippen LogP contribution is 2.72. The van der Waals surface area contributed by atoms with E-state index < -0.39 is 16.9 Å². The summed E-state index contributed by atoms with van der Waals surface area (Å²) >= 11 is 0. The average Bonchev–Trinajstić information content (AvgIpc) is 3.09. The highest BCUT2D eigenvalue weighted by molar-refractivity contribution is 5.97. The van der Waals surface area contributed by atoms with Crippen LogP contribution in [-0.2, 0) is 15.0 Å². The number of hydrogen-bond donors (Lipinski definition) is 2. The van der Waals surface area contributed by atoms with Crippen LogP contribution in [0.15, 0.2) is 24.3 Å². The van der Waals surface area contributed by atoms with Crippen LogP contribution in [-0.4, -0.2) is 46.4 Å². The number of nitrogens with zero attached hydrogens (tertiary/aromatic N) is 1. The number of hydrogen-bond acceptors (Lipinski definition) is 4. The Morgan fingerprint density at radius 1 is 1.24 bits per heavy atom. The third-order valence-electron chi connectivity index (χ3n) is 8.17. The lowest BCUT2D eigenvalue weighted by molar-refractivity contribution is -0.161. The maximum atomic E-state index is 13.3. The summed E-state index contributed by atoms with van der Waals surface area (Å²) in [5.74, 6) is -0.690. The smallest absolute Gasteiger partial charge is 0.330 e. The number of para-hydroxylation sites is 1. The Bertz CT molecular complexity index is 838. The predicted octanol–water partition coefficient (Wildman–Crippen LogP) is 2.02. The van der Waals surface area contributed by atoms with Crippen LogP contribution in [0.3, 0.4) is 0 Å². The lowest BCUT2D eigenvalue weighted by Crippen LogP contribution is -2.75. The van der Waals surface area contributed by atoms with Gasteiger partial charge < -0.3 is 10.4 Å². The molecule has 2 saturated heterocycles. The van der Waals surface area contributed by atoms with Crippen molar-refractivity contribution in [2.45, 2.75) is 49.1 Å². The van der Waals surface area contributed by atoms with Crippen molar-refractivity contribution >= 4 is 17.4 Å². The van der Waals surface area contributed by atoms with Crippen LogP contribution in [0, 0.1) is 11.3 Å². The molecule has 4 fully saturated rings. The first-order chi connectivity index (χ1) is 12.1. The molecule has 1 aromatic rings. The van der Waals surface area contributed by atoms with Gasteiger partial charge in [-0.05, 0) is 49.3 Å². The number of rotatable bonds is 1. The summed E-state index contributed by atoms with van der Waals surface area (Å²) < 4.78 is 0. The first-order valence-electron chi connectivity index (χ1n) is 9.43. The van der Waals surface area contributed by atoms with Crippen molar-refractivity contribution in [2.75, 3.05) is 18.4 Å². The summed E-state index contributed by atoms with van der Waals surface area (Å²) in [4.78, 5) is 28.4. The molecule has 0 aromatic heterocycles. The van der Waals surface area contributed by atoms with Gasteiger partial charge in [-0.25, -0.2) is 4.79 Å². The van der Waals surface area contributed by atoms with E-state index in [0.717, 1.165) is 43.6 Å². The lowest BCUT2D eigenvalue weighted by Gasteiger charge is -2.63. The second kappa shape index (κ2) is 4.09. The van der Waals surface area contributed by atoms with Crippen LogP contribution in [0.5, 0.6) is 0 Å². The Kier molecular flexibility index (Phi) is 2.34. The van der Waals surface area contributed by atoms with Crippen molar-refractivity contribution in [1.29, 1.82) is 0 Å². The Hall–Kier alpha value is -1.88. The first kappa shape index (κ1) is 14.3. The Morgan fingerprint density at radius 3 is 2.92 bits per heavy atom. The normalized spacial score (nSPS) is 46.3. The van der Waals surface area contributed by atoms with Gasteiger partial charge in [0.2, 0.25) is 0 Å². The molecule has 5 aliphatic rings. The SMILES string of the molecule is O=C1C[C@]23CCCN4C[C@@H]1[C@]1(c5ccccc5N[C@]1(C(=O)O)CC2)[C@H]43. The van der Waals surface area contributed by atoms with E-state index in [1.165, 1.54) is 0 Å². The molecule has 25 heavy (non-hydrogen) atoms. The number of Topliss-reactive ketones (excluding diaryl/α,β-unsaturated/α-hetero) is 1. The number of ketones is 1. The van der Waals surface area contributed by atoms with Crippen LogP contribution in [0.4, 0.5) is 5.69 Å². The van der Waals surface area contributed by atoms with Crippen molar-refractivity contribution in [2.24, 2.45) is 11.3 Å². The van der Waals surface area contributed by atoms with E-state index in [0.29, 0.717) is 18.6 Å². The van der Waals surface area contributed by atoms with Gasteiger partial charge in [-0.3, -0.25) is 9.69 Å². The molecule has 3 heterocycles. The first-order valence-corrected chi connectivity index (χ1v) is 9.43. The van der Waals surface area contributed by atoms with E-state index in [4.69, 9.17) is 0 Å². The van der Waals surface area contributed by atoms with E-state index in [-0.39, 0.29) is 17.4 Å². The molecule has 2 aliphatic carbocycles. The highest BCUT2D eigenvalue weighted by atomic mass is 16.4. The van der Waals surface area contributed by atoms with Gasteiger partial charge in [0.15, 0.2) is 0 Å². The number of fused-ring (bicyclic) bond motifs is 1. The minimum Gasteiger partial charge on any atom is -0.479 e. The number of anilines is 1. The van der Waals surface area contributed by atoms with Crippen molar-refractivity contribution < 1.29 is 14.7 Å². The molecule has 5 nitrogen and oxygen atoms in total. The molecule has 1 aromatic carbocycles. The molecule has 5 heteroatoms. The predicted molar refractivity (Wildman–Crippen MR) is 91.5 cm³/mol. The van der Waals surface area contributed by atoms with Crippen LogP contribution >= 0.6 is 0 Å². The number of piperidine rings is 1. The summed E-state index contributed by atoms with van der Waals surface area (Å²) in [6.45, 7) is 1.73. The van der Waals surface area contributed by atoms with Crippen molar-refractivity contribution in [1.82, 2.24) is 4.90 Å². The molecular weight excluding hydrogens is 316 g/mol. The van der Waals surface area contributed by atoms with Crippen LogP contribution in [0.25, 0.3) is 0 Å². The third kappa shape index (κ3) is 1.27. The van der Waals surface area contributed by atoms with Gasteiger partial charge in [0, 0.05) is 30.6 Å². The van der Waals surface area contributed by atoms with E-state index >= 15 is 0 Å². The third-order valence-corrected chi connectivity index (χ3v) is 8.17. The zero-order chi connectivity index (χ0) is 17.0. The molecule has 4 bridgehead atoms. The number of aliphatic carboxylic acids is 1. The van der Waals surface area contributed by atoms with Gasteiger partial charge in [0.05, 0.1) is 5.41 Å². The number of nitrogens with one attached hydrogen (secondary N) is 1. The molecule has 0 amide bonds. The van der Waals surface area contributed by atoms with E-state index in [1.807, 2.05) is 18.2 Å². The van der Waals surface area contributed by atoms with Gasteiger partial charge in [0.25, 0.3) is 0 Å². The average molecular weight is 338 g/mol. The molecule has 2 saturated carbocycles. The summed E-state index contributed by atoms with van der Waals surface area (Å²) in [5.41, 5.74) is 0.323. The number of carboxylic acids is 1. The molecule has 0 unspecified atom stereocenters. The standard InChI is InChI=1S/C20H22N2O3/c23-15-10-18-6-3-9-22-11-13(15)20(16(18)22)12-4-1-2-5-14(12)21-19(20,8-7-18)17(24)25/h1-2,4-5,13,16,21H,3,6-11H2,(H,24,25)/t13-,16+,18-,19-,20+/m0/s1. The maximum Gasteiger partial charge on any atom is 0.330 e. The maximum absolute atomic E-state index is 13.3. The van der Waals surface area contributed by atoms with E-state index in [2.05, 4.69) is 16.3 Å². The van der Waals surface area contributed by atoms with Crippen molar-refractivity contribution in [3.8, 4) is 0 Å². The van der Waals surface area contributed by atoms with Crippen LogP contribution < -0.4 is 5.32 Å². The van der Waals surface area contributed by atoms with Crippen LogP contribution in [0.1, 0.15) is 37.7 Å². The minimum atomic E-state index is -1.04. The lowest BCUT2D eigenvalue weighted by atomic mass is 9.41. The van der Waals surface area contributed by atoms with Gasteiger partial charge in [-0.2, -0.15) is 0 Å². The largest absolute Gasteiger partial charge is 0.479 e. The molecule has 2 N–H and O–H groups in total. The molecule has 5 atom stereocenters. The summed E-state index contributed by atoms with van der Waals surface area (Å²) in [7, 11) is 0. The monoisotopic (exact) mass is 338 g/mol. The summed E-state index contributed by atoms with van der Waals surface area (Å²) in [6.07, 6.45) is 4.29. The second-order valence-electron chi connectivity index (χ2n) is 8.81. The van der Waals surface area contributed by atoms with Gasteiger partial charge >= 0.3 is 5.97 Å². The Labute approximate surface area is 146 Å². The minimum absolute atomic E-state index is 0.0274. The zero-order valence-corrected chi connectivity index (χ0v) is 14.1. The summed E-state index contributed by atoms with van der Waals surface area (Å²) in [6, 6.07) is 8.20. The summed E-state index contributed by atoms with van der Waals surface area (Å²) in [5, 5.41) is 13.8. The fourth-order valence-corrected chi connectivity index (χ4v) is 7.61. The number of carbonyl (C=O) groups excluding carboxylic acids is 1. The molecular formula is C20H22N2O3. The van der Waals surface area contributed by atoms with E-state index in [9.17, 15) is 14.7 Å². The van der Waals surface area contributed by atoms with E-state index in [1.54, 1.807) is 0 Å². The van der Waals surface area contributed by atoms with Crippen LogP contribution in [0.2, 0.25) is 0 Å². The quantitative estimate of drug-likeness (QED) is 0.820. The fraction of sp³-hybridized carbons (Fsp3) is 0.600. The Balaban J connectivity index is 1.73. The molecule has 1 spiro atoms. The number of benzene rings is 1. The van der Waals surface area contributed by atoms with Crippen molar-refractivity contribution in [3.05, 3.63) is 29.8 Å². The van der Waals surface area contributed by atoms with Gasteiger partial charge in [-0.1, -0.05) is 18.2 Å². The fourth-order valence-electron chi connectivity index (χ4n) is 7.61. The Morgan fingerprint density at radius 2 is 2.08 bits per heavy atom.